The van der Waals surface area contributed by atoms with E-state index in [0.29, 0.717) is 16.6 Å². The molecule has 1 heterocycles. The lowest BCUT2D eigenvalue weighted by Crippen LogP contribution is -2.01. The number of hydrogen-bond acceptors (Lipinski definition) is 1. The van der Waals surface area contributed by atoms with Gasteiger partial charge < -0.3 is 4.57 Å². The van der Waals surface area contributed by atoms with E-state index in [1.54, 1.807) is 24.3 Å². The van der Waals surface area contributed by atoms with E-state index in [0.717, 1.165) is 16.5 Å². The zero-order valence-electron chi connectivity index (χ0n) is 12.0. The number of hydrogen-bond donors (Lipinski definition) is 0. The lowest BCUT2D eigenvalue weighted by Gasteiger charge is -2.08. The second kappa shape index (κ2) is 5.38. The molecule has 0 aliphatic carbocycles. The Hall–Kier alpha value is -2.06. The minimum Gasteiger partial charge on any atom is -0.344 e. The predicted octanol–water partition coefficient (Wildman–Crippen LogP) is 5.11. The first kappa shape index (κ1) is 13.9. The lowest BCUT2D eigenvalue weighted by atomic mass is 10.0. The molecule has 2 aromatic carbocycles. The van der Waals surface area contributed by atoms with Crippen LogP contribution in [-0.2, 0) is 0 Å². The highest BCUT2D eigenvalue weighted by Crippen LogP contribution is 2.26. The Bertz CT molecular complexity index is 800. The number of rotatable bonds is 3. The first-order valence-electron chi connectivity index (χ1n) is 6.98. The maximum absolute atomic E-state index is 12.8. The molecule has 21 heavy (non-hydrogen) atoms. The van der Waals surface area contributed by atoms with Gasteiger partial charge in [0.15, 0.2) is 5.78 Å². The second-order valence-electron chi connectivity index (χ2n) is 5.40. The normalized spacial score (nSPS) is 11.2. The molecule has 0 aliphatic heterocycles. The fourth-order valence-electron chi connectivity index (χ4n) is 2.57. The van der Waals surface area contributed by atoms with Crippen molar-refractivity contribution in [3.05, 3.63) is 70.9 Å². The molecule has 0 saturated carbocycles. The molecule has 106 valence electrons. The summed E-state index contributed by atoms with van der Waals surface area (Å²) in [5, 5.41) is 1.63. The highest BCUT2D eigenvalue weighted by Gasteiger charge is 2.17. The standard InChI is InChI=1S/C18H16ClNO/c1-12(2)20-11-16(15-5-3-4-6-17(15)20)18(21)13-7-9-14(19)10-8-13/h3-12H,1-2H3. The molecule has 3 aromatic rings. The quantitative estimate of drug-likeness (QED) is 0.616. The van der Waals surface area contributed by atoms with E-state index >= 15 is 0 Å². The van der Waals surface area contributed by atoms with Crippen molar-refractivity contribution in [1.82, 2.24) is 4.57 Å². The fourth-order valence-corrected chi connectivity index (χ4v) is 2.70. The Kier molecular flexibility index (Phi) is 3.56. The molecule has 0 bridgehead atoms. The Balaban J connectivity index is 2.16. The number of fused-ring (bicyclic) bond motifs is 1. The maximum Gasteiger partial charge on any atom is 0.195 e. The third-order valence-electron chi connectivity index (χ3n) is 3.65. The van der Waals surface area contributed by atoms with Crippen molar-refractivity contribution in [2.24, 2.45) is 0 Å². The number of ketones is 1. The molecule has 3 rings (SSSR count). The molecule has 3 heteroatoms. The minimum absolute atomic E-state index is 0.0299. The average molecular weight is 298 g/mol. The molecule has 0 atom stereocenters. The predicted molar refractivity (Wildman–Crippen MR) is 87.2 cm³/mol. The van der Waals surface area contributed by atoms with Crippen LogP contribution in [0.3, 0.4) is 0 Å². The SMILES string of the molecule is CC(C)n1cc(C(=O)c2ccc(Cl)cc2)c2ccccc21. The maximum atomic E-state index is 12.8. The van der Waals surface area contributed by atoms with Gasteiger partial charge in [-0.25, -0.2) is 0 Å². The summed E-state index contributed by atoms with van der Waals surface area (Å²) < 4.78 is 2.14. The summed E-state index contributed by atoms with van der Waals surface area (Å²) in [7, 11) is 0. The molecule has 0 radical (unpaired) electrons. The van der Waals surface area contributed by atoms with Gasteiger partial charge in [-0.2, -0.15) is 0 Å². The fraction of sp³-hybridized carbons (Fsp3) is 0.167. The highest BCUT2D eigenvalue weighted by molar-refractivity contribution is 6.30. The molecule has 2 nitrogen and oxygen atoms in total. The molecular formula is C18H16ClNO. The van der Waals surface area contributed by atoms with Gasteiger partial charge >= 0.3 is 0 Å². The summed E-state index contributed by atoms with van der Waals surface area (Å²) in [4.78, 5) is 12.8. The molecular weight excluding hydrogens is 282 g/mol. The number of carbonyl (C=O) groups is 1. The van der Waals surface area contributed by atoms with Crippen LogP contribution in [0.25, 0.3) is 10.9 Å². The third kappa shape index (κ3) is 2.47. The topological polar surface area (TPSA) is 22.0 Å². The van der Waals surface area contributed by atoms with E-state index in [1.807, 2.05) is 30.5 Å². The summed E-state index contributed by atoms with van der Waals surface area (Å²) in [5.41, 5.74) is 2.48. The van der Waals surface area contributed by atoms with E-state index in [2.05, 4.69) is 18.4 Å². The number of carbonyl (C=O) groups excluding carboxylic acids is 1. The smallest absolute Gasteiger partial charge is 0.195 e. The van der Waals surface area contributed by atoms with Crippen LogP contribution in [0.4, 0.5) is 0 Å². The third-order valence-corrected chi connectivity index (χ3v) is 3.90. The molecule has 0 amide bonds. The van der Waals surface area contributed by atoms with Crippen molar-refractivity contribution in [2.45, 2.75) is 19.9 Å². The van der Waals surface area contributed by atoms with Crippen LogP contribution in [0, 0.1) is 0 Å². The molecule has 0 spiro atoms. The largest absolute Gasteiger partial charge is 0.344 e. The number of halogens is 1. The average Bonchev–Trinajstić information content (AvgIpc) is 2.87. The van der Waals surface area contributed by atoms with E-state index in [1.165, 1.54) is 0 Å². The van der Waals surface area contributed by atoms with Crippen LogP contribution < -0.4 is 0 Å². The van der Waals surface area contributed by atoms with E-state index in [9.17, 15) is 4.79 Å². The number of benzene rings is 2. The minimum atomic E-state index is 0.0299. The summed E-state index contributed by atoms with van der Waals surface area (Å²) in [5.74, 6) is 0.0299. The van der Waals surface area contributed by atoms with Gasteiger partial charge in [-0.1, -0.05) is 29.8 Å². The molecule has 0 fully saturated rings. The van der Waals surface area contributed by atoms with Crippen LogP contribution in [0.5, 0.6) is 0 Å². The summed E-state index contributed by atoms with van der Waals surface area (Å²) in [6, 6.07) is 15.3. The Morgan fingerprint density at radius 3 is 2.38 bits per heavy atom. The second-order valence-corrected chi connectivity index (χ2v) is 5.83. The monoisotopic (exact) mass is 297 g/mol. The summed E-state index contributed by atoms with van der Waals surface area (Å²) in [6.07, 6.45) is 1.95. The van der Waals surface area contributed by atoms with Gasteiger partial charge in [0.1, 0.15) is 0 Å². The summed E-state index contributed by atoms with van der Waals surface area (Å²) >= 11 is 5.89. The zero-order valence-corrected chi connectivity index (χ0v) is 12.8. The molecule has 0 aliphatic rings. The first-order chi connectivity index (χ1) is 10.1. The van der Waals surface area contributed by atoms with Crippen LogP contribution in [0.1, 0.15) is 35.8 Å². The van der Waals surface area contributed by atoms with Gasteiger partial charge in [0.05, 0.1) is 0 Å². The first-order valence-corrected chi connectivity index (χ1v) is 7.35. The van der Waals surface area contributed by atoms with E-state index in [4.69, 9.17) is 11.6 Å². The van der Waals surface area contributed by atoms with Gasteiger partial charge in [0, 0.05) is 39.3 Å². The number of aromatic nitrogens is 1. The van der Waals surface area contributed by atoms with Crippen LogP contribution in [0.2, 0.25) is 5.02 Å². The van der Waals surface area contributed by atoms with Crippen molar-refractivity contribution in [3.63, 3.8) is 0 Å². The van der Waals surface area contributed by atoms with E-state index in [-0.39, 0.29) is 5.78 Å². The Labute approximate surface area is 129 Å². The Morgan fingerprint density at radius 2 is 1.71 bits per heavy atom. The molecule has 1 aromatic heterocycles. The van der Waals surface area contributed by atoms with Crippen molar-refractivity contribution in [3.8, 4) is 0 Å². The Morgan fingerprint density at radius 1 is 1.05 bits per heavy atom. The number of nitrogens with zero attached hydrogens (tertiary/aromatic N) is 1. The lowest BCUT2D eigenvalue weighted by molar-refractivity contribution is 0.104. The van der Waals surface area contributed by atoms with Crippen molar-refractivity contribution < 1.29 is 4.79 Å². The van der Waals surface area contributed by atoms with Gasteiger partial charge in [0.2, 0.25) is 0 Å². The molecule has 0 saturated heterocycles. The van der Waals surface area contributed by atoms with Gasteiger partial charge in [-0.05, 0) is 44.2 Å². The summed E-state index contributed by atoms with van der Waals surface area (Å²) in [6.45, 7) is 4.23. The highest BCUT2D eigenvalue weighted by atomic mass is 35.5. The van der Waals surface area contributed by atoms with Crippen LogP contribution in [0.15, 0.2) is 54.7 Å². The van der Waals surface area contributed by atoms with Crippen molar-refractivity contribution >= 4 is 28.3 Å². The van der Waals surface area contributed by atoms with Crippen molar-refractivity contribution in [2.75, 3.05) is 0 Å². The van der Waals surface area contributed by atoms with Gasteiger partial charge in [0.25, 0.3) is 0 Å². The molecule has 0 unspecified atom stereocenters. The van der Waals surface area contributed by atoms with Crippen LogP contribution >= 0.6 is 11.6 Å². The van der Waals surface area contributed by atoms with Crippen molar-refractivity contribution in [1.29, 1.82) is 0 Å². The van der Waals surface area contributed by atoms with Gasteiger partial charge in [-0.3, -0.25) is 4.79 Å². The van der Waals surface area contributed by atoms with E-state index < -0.39 is 0 Å². The molecule has 0 N–H and O–H groups in total. The number of para-hydroxylation sites is 1. The zero-order chi connectivity index (χ0) is 15.0. The van der Waals surface area contributed by atoms with Crippen LogP contribution in [-0.4, -0.2) is 10.4 Å². The van der Waals surface area contributed by atoms with Gasteiger partial charge in [-0.15, -0.1) is 0 Å².